The zero-order valence-corrected chi connectivity index (χ0v) is 10.4. The molecule has 1 aliphatic rings. The first kappa shape index (κ1) is 10.4. The number of hydrogen-bond acceptors (Lipinski definition) is 3. The fraction of sp³-hybridized carbons (Fsp3) is 0.333. The minimum absolute atomic E-state index is 0.134. The van der Waals surface area contributed by atoms with Gasteiger partial charge in [-0.3, -0.25) is 0 Å². The summed E-state index contributed by atoms with van der Waals surface area (Å²) in [6.45, 7) is 0. The maximum absolute atomic E-state index is 11.7. The molecule has 0 aliphatic carbocycles. The van der Waals surface area contributed by atoms with Crippen LogP contribution in [-0.2, 0) is 9.84 Å². The first-order chi connectivity index (χ1) is 6.50. The highest BCUT2D eigenvalue weighted by Crippen LogP contribution is 2.31. The van der Waals surface area contributed by atoms with Crippen LogP contribution in [0.5, 0.6) is 0 Å². The second-order valence-electron chi connectivity index (χ2n) is 3.40. The molecular formula is C9H10INO2S. The minimum atomic E-state index is -3.08. The molecule has 3 nitrogen and oxygen atoms in total. The van der Waals surface area contributed by atoms with Crippen LogP contribution in [0.4, 0.5) is 0 Å². The summed E-state index contributed by atoms with van der Waals surface area (Å²) in [5.41, 5.74) is 6.61. The van der Waals surface area contributed by atoms with Crippen molar-refractivity contribution in [3.05, 3.63) is 27.3 Å². The summed E-state index contributed by atoms with van der Waals surface area (Å²) < 4.78 is 24.4. The van der Waals surface area contributed by atoms with Gasteiger partial charge in [-0.1, -0.05) is 6.07 Å². The van der Waals surface area contributed by atoms with Crippen LogP contribution in [0.2, 0.25) is 0 Å². The largest absolute Gasteiger partial charge is 0.324 e. The molecule has 0 radical (unpaired) electrons. The van der Waals surface area contributed by atoms with Crippen molar-refractivity contribution in [3.8, 4) is 0 Å². The first-order valence-electron chi connectivity index (χ1n) is 4.28. The zero-order valence-electron chi connectivity index (χ0n) is 7.40. The molecule has 0 spiro atoms. The summed E-state index contributed by atoms with van der Waals surface area (Å²) in [5.74, 6) is 0.168. The maximum atomic E-state index is 11.7. The molecule has 1 aromatic rings. The van der Waals surface area contributed by atoms with E-state index in [1.54, 1.807) is 6.07 Å². The van der Waals surface area contributed by atoms with E-state index in [-0.39, 0.29) is 11.8 Å². The van der Waals surface area contributed by atoms with E-state index < -0.39 is 9.84 Å². The Hall–Kier alpha value is -0.140. The summed E-state index contributed by atoms with van der Waals surface area (Å²) in [5, 5.41) is 0. The molecule has 2 rings (SSSR count). The fourth-order valence-electron chi connectivity index (χ4n) is 1.63. The smallest absolute Gasteiger partial charge is 0.178 e. The monoisotopic (exact) mass is 323 g/mol. The van der Waals surface area contributed by atoms with Gasteiger partial charge in [0, 0.05) is 9.61 Å². The van der Waals surface area contributed by atoms with Gasteiger partial charge in [0.25, 0.3) is 0 Å². The lowest BCUT2D eigenvalue weighted by atomic mass is 10.1. The molecule has 1 aromatic carbocycles. The molecule has 0 fully saturated rings. The van der Waals surface area contributed by atoms with E-state index in [0.29, 0.717) is 11.3 Å². The quantitative estimate of drug-likeness (QED) is 0.736. The number of fused-ring (bicyclic) bond motifs is 1. The van der Waals surface area contributed by atoms with Crippen molar-refractivity contribution in [1.82, 2.24) is 0 Å². The van der Waals surface area contributed by atoms with Crippen LogP contribution >= 0.6 is 22.6 Å². The average molecular weight is 323 g/mol. The fourth-order valence-corrected chi connectivity index (χ4v) is 4.00. The van der Waals surface area contributed by atoms with Crippen molar-refractivity contribution in [2.45, 2.75) is 17.4 Å². The molecule has 0 amide bonds. The number of halogens is 1. The third-order valence-corrected chi connectivity index (χ3v) is 4.88. The van der Waals surface area contributed by atoms with E-state index in [1.807, 2.05) is 12.1 Å². The van der Waals surface area contributed by atoms with Crippen LogP contribution in [0.15, 0.2) is 23.1 Å². The van der Waals surface area contributed by atoms with Crippen molar-refractivity contribution >= 4 is 32.4 Å². The lowest BCUT2D eigenvalue weighted by Crippen LogP contribution is -2.24. The van der Waals surface area contributed by atoms with E-state index in [9.17, 15) is 8.42 Å². The Bertz CT molecular complexity index is 470. The Balaban J connectivity index is 2.70. The van der Waals surface area contributed by atoms with E-state index in [0.717, 1.165) is 9.13 Å². The lowest BCUT2D eigenvalue weighted by Gasteiger charge is -2.22. The number of benzene rings is 1. The number of nitrogens with two attached hydrogens (primary N) is 1. The molecule has 76 valence electrons. The summed E-state index contributed by atoms with van der Waals surface area (Å²) in [7, 11) is -3.08. The molecule has 1 atom stereocenters. The molecular weight excluding hydrogens is 313 g/mol. The predicted octanol–water partition coefficient (Wildman–Crippen LogP) is 1.47. The van der Waals surface area contributed by atoms with Crippen LogP contribution in [-0.4, -0.2) is 14.2 Å². The molecule has 14 heavy (non-hydrogen) atoms. The van der Waals surface area contributed by atoms with Crippen molar-refractivity contribution in [1.29, 1.82) is 0 Å². The Kier molecular flexibility index (Phi) is 2.57. The highest BCUT2D eigenvalue weighted by Gasteiger charge is 2.28. The second kappa shape index (κ2) is 3.46. The summed E-state index contributed by atoms with van der Waals surface area (Å²) in [6, 6.07) is 5.27. The third-order valence-electron chi connectivity index (χ3n) is 2.41. The third kappa shape index (κ3) is 1.68. The highest BCUT2D eigenvalue weighted by atomic mass is 127. The molecule has 5 heteroatoms. The van der Waals surface area contributed by atoms with Crippen molar-refractivity contribution in [3.63, 3.8) is 0 Å². The van der Waals surface area contributed by atoms with E-state index in [2.05, 4.69) is 22.6 Å². The molecule has 0 saturated heterocycles. The van der Waals surface area contributed by atoms with E-state index >= 15 is 0 Å². The van der Waals surface area contributed by atoms with Gasteiger partial charge in [0.2, 0.25) is 0 Å². The molecule has 1 aliphatic heterocycles. The minimum Gasteiger partial charge on any atom is -0.324 e. The molecule has 0 saturated carbocycles. The number of rotatable bonds is 0. The first-order valence-corrected chi connectivity index (χ1v) is 7.01. The predicted molar refractivity (Wildman–Crippen MR) is 62.8 cm³/mol. The number of sulfone groups is 1. The van der Waals surface area contributed by atoms with E-state index in [1.165, 1.54) is 0 Å². The van der Waals surface area contributed by atoms with Crippen LogP contribution < -0.4 is 5.73 Å². The van der Waals surface area contributed by atoms with Gasteiger partial charge in [-0.2, -0.15) is 0 Å². The Labute approximate surface area is 96.7 Å². The standard InChI is InChI=1S/C9H10INO2S/c10-6-1-2-7-8(11)3-4-14(12,13)9(7)5-6/h1-2,5,8H,3-4,11H2/t8-/m0/s1. The maximum Gasteiger partial charge on any atom is 0.178 e. The summed E-state index contributed by atoms with van der Waals surface area (Å²) in [6.07, 6.45) is 0.524. The van der Waals surface area contributed by atoms with Gasteiger partial charge in [-0.15, -0.1) is 0 Å². The van der Waals surface area contributed by atoms with Gasteiger partial charge >= 0.3 is 0 Å². The van der Waals surface area contributed by atoms with Crippen LogP contribution in [0.1, 0.15) is 18.0 Å². The van der Waals surface area contributed by atoms with Crippen molar-refractivity contribution < 1.29 is 8.42 Å². The zero-order chi connectivity index (χ0) is 10.3. The Morgan fingerprint density at radius 2 is 2.14 bits per heavy atom. The normalized spacial score (nSPS) is 24.3. The topological polar surface area (TPSA) is 60.2 Å². The Morgan fingerprint density at radius 3 is 2.86 bits per heavy atom. The molecule has 1 heterocycles. The van der Waals surface area contributed by atoms with Gasteiger partial charge < -0.3 is 5.73 Å². The SMILES string of the molecule is N[C@H]1CCS(=O)(=O)c2cc(I)ccc21. The van der Waals surface area contributed by atoms with Gasteiger partial charge in [-0.25, -0.2) is 8.42 Å². The van der Waals surface area contributed by atoms with Crippen LogP contribution in [0, 0.1) is 3.57 Å². The van der Waals surface area contributed by atoms with Crippen LogP contribution in [0.3, 0.4) is 0 Å². The Morgan fingerprint density at radius 1 is 1.43 bits per heavy atom. The number of hydrogen-bond donors (Lipinski definition) is 1. The van der Waals surface area contributed by atoms with Gasteiger partial charge in [0.05, 0.1) is 10.6 Å². The van der Waals surface area contributed by atoms with Crippen LogP contribution in [0.25, 0.3) is 0 Å². The molecule has 0 bridgehead atoms. The average Bonchev–Trinajstić information content (AvgIpc) is 2.12. The van der Waals surface area contributed by atoms with Gasteiger partial charge in [-0.05, 0) is 46.7 Å². The van der Waals surface area contributed by atoms with Crippen molar-refractivity contribution in [2.24, 2.45) is 5.73 Å². The molecule has 0 aromatic heterocycles. The molecule has 2 N–H and O–H groups in total. The highest BCUT2D eigenvalue weighted by molar-refractivity contribution is 14.1. The molecule has 0 unspecified atom stereocenters. The second-order valence-corrected chi connectivity index (χ2v) is 6.72. The van der Waals surface area contributed by atoms with Gasteiger partial charge in [0.1, 0.15) is 0 Å². The summed E-state index contributed by atoms with van der Waals surface area (Å²) >= 11 is 2.10. The van der Waals surface area contributed by atoms with Gasteiger partial charge in [0.15, 0.2) is 9.84 Å². The lowest BCUT2D eigenvalue weighted by molar-refractivity contribution is 0.568. The summed E-state index contributed by atoms with van der Waals surface area (Å²) in [4.78, 5) is 0.420. The van der Waals surface area contributed by atoms with E-state index in [4.69, 9.17) is 5.73 Å². The van der Waals surface area contributed by atoms with Crippen molar-refractivity contribution in [2.75, 3.05) is 5.75 Å².